The van der Waals surface area contributed by atoms with Crippen LogP contribution in [-0.2, 0) is 11.3 Å². The molecule has 148 valence electrons. The Morgan fingerprint density at radius 3 is 2.52 bits per heavy atom. The van der Waals surface area contributed by atoms with Gasteiger partial charge in [-0.25, -0.2) is 4.98 Å². The minimum atomic E-state index is 0.0326. The van der Waals surface area contributed by atoms with Gasteiger partial charge in [-0.2, -0.15) is 0 Å². The number of benzene rings is 2. The Balaban J connectivity index is 1.29. The van der Waals surface area contributed by atoms with Crippen LogP contribution in [0.5, 0.6) is 0 Å². The van der Waals surface area contributed by atoms with Crippen molar-refractivity contribution < 1.29 is 4.79 Å². The summed E-state index contributed by atoms with van der Waals surface area (Å²) in [6.45, 7) is 3.98. The predicted octanol–water partition coefficient (Wildman–Crippen LogP) is 4.82. The van der Waals surface area contributed by atoms with E-state index in [-0.39, 0.29) is 5.91 Å². The first-order valence-corrected chi connectivity index (χ1v) is 10.9. The number of nitrogens with zero attached hydrogens (tertiary/aromatic N) is 3. The highest BCUT2D eigenvalue weighted by Crippen LogP contribution is 2.23. The molecule has 0 unspecified atom stereocenters. The van der Waals surface area contributed by atoms with Gasteiger partial charge in [0.25, 0.3) is 0 Å². The van der Waals surface area contributed by atoms with Crippen LogP contribution in [-0.4, -0.2) is 46.9 Å². The van der Waals surface area contributed by atoms with Crippen LogP contribution >= 0.6 is 22.9 Å². The number of thiazole rings is 1. The molecule has 0 radical (unpaired) electrons. The maximum Gasteiger partial charge on any atom is 0.246 e. The van der Waals surface area contributed by atoms with E-state index < -0.39 is 0 Å². The molecule has 2 heterocycles. The Kier molecular flexibility index (Phi) is 6.39. The standard InChI is InChI=1S/C23H22ClN3OS/c24-20-9-5-4-6-18(20)10-11-23(28)27-14-12-26(13-15-27)16-22-25-21(17-29-22)19-7-2-1-3-8-19/h1-11,17H,12-16H2/b11-10+. The minimum absolute atomic E-state index is 0.0326. The zero-order valence-corrected chi connectivity index (χ0v) is 17.6. The number of amides is 1. The molecule has 0 atom stereocenters. The van der Waals surface area contributed by atoms with Crippen molar-refractivity contribution in [1.29, 1.82) is 0 Å². The third-order valence-corrected chi connectivity index (χ3v) is 6.15. The van der Waals surface area contributed by atoms with Crippen LogP contribution in [0.3, 0.4) is 0 Å². The lowest BCUT2D eigenvalue weighted by molar-refractivity contribution is -0.127. The fourth-order valence-electron chi connectivity index (χ4n) is 3.32. The molecule has 2 aromatic carbocycles. The van der Waals surface area contributed by atoms with Crippen LogP contribution < -0.4 is 0 Å². The molecule has 1 saturated heterocycles. The first-order chi connectivity index (χ1) is 14.2. The second-order valence-electron chi connectivity index (χ2n) is 6.95. The molecule has 1 amide bonds. The molecule has 4 nitrogen and oxygen atoms in total. The Bertz CT molecular complexity index is 994. The summed E-state index contributed by atoms with van der Waals surface area (Å²) < 4.78 is 0. The highest BCUT2D eigenvalue weighted by molar-refractivity contribution is 7.09. The van der Waals surface area contributed by atoms with Gasteiger partial charge in [-0.05, 0) is 17.7 Å². The lowest BCUT2D eigenvalue weighted by Crippen LogP contribution is -2.47. The summed E-state index contributed by atoms with van der Waals surface area (Å²) in [5.41, 5.74) is 3.04. The maximum absolute atomic E-state index is 12.5. The van der Waals surface area contributed by atoms with E-state index in [1.54, 1.807) is 23.5 Å². The van der Waals surface area contributed by atoms with E-state index in [2.05, 4.69) is 22.4 Å². The SMILES string of the molecule is O=C(/C=C/c1ccccc1Cl)N1CCN(Cc2nc(-c3ccccc3)cs2)CC1. The molecular weight excluding hydrogens is 402 g/mol. The molecule has 29 heavy (non-hydrogen) atoms. The van der Waals surface area contributed by atoms with E-state index in [1.807, 2.05) is 47.4 Å². The molecule has 1 fully saturated rings. The summed E-state index contributed by atoms with van der Waals surface area (Å²) in [6.07, 6.45) is 3.40. The lowest BCUT2D eigenvalue weighted by Gasteiger charge is -2.33. The summed E-state index contributed by atoms with van der Waals surface area (Å²) in [7, 11) is 0. The highest BCUT2D eigenvalue weighted by Gasteiger charge is 2.20. The summed E-state index contributed by atoms with van der Waals surface area (Å²) in [6, 6.07) is 17.8. The van der Waals surface area contributed by atoms with Gasteiger partial charge in [0.2, 0.25) is 5.91 Å². The van der Waals surface area contributed by atoms with E-state index >= 15 is 0 Å². The van der Waals surface area contributed by atoms with Crippen molar-refractivity contribution in [2.24, 2.45) is 0 Å². The second kappa shape index (κ2) is 9.35. The fraction of sp³-hybridized carbons (Fsp3) is 0.217. The highest BCUT2D eigenvalue weighted by atomic mass is 35.5. The summed E-state index contributed by atoms with van der Waals surface area (Å²) in [4.78, 5) is 21.5. The number of piperazine rings is 1. The Labute approximate surface area is 180 Å². The van der Waals surface area contributed by atoms with Crippen LogP contribution in [0.1, 0.15) is 10.6 Å². The Morgan fingerprint density at radius 1 is 1.03 bits per heavy atom. The van der Waals surface area contributed by atoms with Crippen molar-refractivity contribution >= 4 is 34.9 Å². The van der Waals surface area contributed by atoms with Gasteiger partial charge in [0.15, 0.2) is 0 Å². The molecule has 1 aliphatic rings. The van der Waals surface area contributed by atoms with Gasteiger partial charge >= 0.3 is 0 Å². The number of hydrogen-bond acceptors (Lipinski definition) is 4. The topological polar surface area (TPSA) is 36.4 Å². The lowest BCUT2D eigenvalue weighted by atomic mass is 10.2. The largest absolute Gasteiger partial charge is 0.337 e. The van der Waals surface area contributed by atoms with Crippen molar-refractivity contribution in [2.75, 3.05) is 26.2 Å². The van der Waals surface area contributed by atoms with E-state index in [4.69, 9.17) is 16.6 Å². The molecule has 0 N–H and O–H groups in total. The molecule has 0 saturated carbocycles. The molecule has 0 aliphatic carbocycles. The third-order valence-electron chi connectivity index (χ3n) is 4.97. The molecule has 1 aromatic heterocycles. The van der Waals surface area contributed by atoms with E-state index in [0.717, 1.165) is 54.6 Å². The first-order valence-electron chi connectivity index (χ1n) is 9.63. The Hall–Kier alpha value is -2.47. The van der Waals surface area contributed by atoms with Gasteiger partial charge in [-0.1, -0.05) is 60.1 Å². The average Bonchev–Trinajstić information content (AvgIpc) is 3.23. The van der Waals surface area contributed by atoms with Gasteiger partial charge in [-0.15, -0.1) is 11.3 Å². The van der Waals surface area contributed by atoms with Crippen molar-refractivity contribution in [3.05, 3.63) is 81.6 Å². The van der Waals surface area contributed by atoms with Crippen LogP contribution in [0.15, 0.2) is 66.1 Å². The van der Waals surface area contributed by atoms with E-state index in [1.165, 1.54) is 0 Å². The molecule has 1 aliphatic heterocycles. The first kappa shape index (κ1) is 19.8. The average molecular weight is 424 g/mol. The van der Waals surface area contributed by atoms with Gasteiger partial charge in [0.1, 0.15) is 5.01 Å². The fourth-order valence-corrected chi connectivity index (χ4v) is 4.36. The van der Waals surface area contributed by atoms with Crippen molar-refractivity contribution in [2.45, 2.75) is 6.54 Å². The molecule has 0 bridgehead atoms. The number of carbonyl (C=O) groups is 1. The number of hydrogen-bond donors (Lipinski definition) is 0. The van der Waals surface area contributed by atoms with Crippen LogP contribution in [0.25, 0.3) is 17.3 Å². The number of aromatic nitrogens is 1. The molecule has 6 heteroatoms. The van der Waals surface area contributed by atoms with Crippen molar-refractivity contribution in [1.82, 2.24) is 14.8 Å². The van der Waals surface area contributed by atoms with Crippen molar-refractivity contribution in [3.63, 3.8) is 0 Å². The number of rotatable bonds is 5. The van der Waals surface area contributed by atoms with E-state index in [0.29, 0.717) is 5.02 Å². The second-order valence-corrected chi connectivity index (χ2v) is 8.30. The van der Waals surface area contributed by atoms with Crippen LogP contribution in [0.4, 0.5) is 0 Å². The predicted molar refractivity (Wildman–Crippen MR) is 120 cm³/mol. The van der Waals surface area contributed by atoms with Crippen LogP contribution in [0.2, 0.25) is 5.02 Å². The van der Waals surface area contributed by atoms with Gasteiger partial charge in [0, 0.05) is 48.2 Å². The molecular formula is C23H22ClN3OS. The quantitative estimate of drug-likeness (QED) is 0.552. The third kappa shape index (κ3) is 5.12. The summed E-state index contributed by atoms with van der Waals surface area (Å²) in [5, 5.41) is 3.88. The Morgan fingerprint density at radius 2 is 1.76 bits per heavy atom. The molecule has 4 rings (SSSR count). The summed E-state index contributed by atoms with van der Waals surface area (Å²) >= 11 is 7.84. The van der Waals surface area contributed by atoms with E-state index in [9.17, 15) is 4.79 Å². The molecule has 0 spiro atoms. The maximum atomic E-state index is 12.5. The number of halogens is 1. The summed E-state index contributed by atoms with van der Waals surface area (Å²) in [5.74, 6) is 0.0326. The molecule has 3 aromatic rings. The monoisotopic (exact) mass is 423 g/mol. The van der Waals surface area contributed by atoms with Gasteiger partial charge < -0.3 is 4.90 Å². The van der Waals surface area contributed by atoms with Gasteiger partial charge in [-0.3, -0.25) is 9.69 Å². The van der Waals surface area contributed by atoms with Gasteiger partial charge in [0.05, 0.1) is 12.2 Å². The zero-order valence-electron chi connectivity index (χ0n) is 16.0. The number of carbonyl (C=O) groups excluding carboxylic acids is 1. The zero-order chi connectivity index (χ0) is 20.1. The minimum Gasteiger partial charge on any atom is -0.337 e. The van der Waals surface area contributed by atoms with Crippen molar-refractivity contribution in [3.8, 4) is 11.3 Å². The normalized spacial score (nSPS) is 15.1. The van der Waals surface area contributed by atoms with Crippen LogP contribution in [0, 0.1) is 0 Å². The smallest absolute Gasteiger partial charge is 0.246 e.